The van der Waals surface area contributed by atoms with E-state index in [1.165, 1.54) is 16.9 Å². The number of fused-ring (bicyclic) bond motifs is 1. The number of para-hydroxylation sites is 1. The summed E-state index contributed by atoms with van der Waals surface area (Å²) in [4.78, 5) is 11.1. The van der Waals surface area contributed by atoms with Crippen LogP contribution in [0, 0.1) is 0 Å². The summed E-state index contributed by atoms with van der Waals surface area (Å²) in [5, 5.41) is 23.4. The molecule has 0 atom stereocenters. The number of aryl methyl sites for hydroxylation is 1. The molecule has 3 aromatic rings. The summed E-state index contributed by atoms with van der Waals surface area (Å²) in [6.07, 6.45) is 1.27. The quantitative estimate of drug-likeness (QED) is 0.735. The van der Waals surface area contributed by atoms with E-state index < -0.39 is 5.97 Å². The maximum absolute atomic E-state index is 11.1. The SMILES string of the molecule is Cn1ncc(C(=O)O)c1-c1cc2cccc(O)c2o1. The first-order chi connectivity index (χ1) is 9.08. The Hall–Kier alpha value is -2.76. The molecule has 0 unspecified atom stereocenters. The Morgan fingerprint density at radius 2 is 2.21 bits per heavy atom. The highest BCUT2D eigenvalue weighted by Gasteiger charge is 2.20. The molecule has 0 fully saturated rings. The van der Waals surface area contributed by atoms with Gasteiger partial charge in [-0.05, 0) is 12.1 Å². The summed E-state index contributed by atoms with van der Waals surface area (Å²) in [7, 11) is 1.63. The van der Waals surface area contributed by atoms with Gasteiger partial charge >= 0.3 is 5.97 Å². The maximum atomic E-state index is 11.1. The van der Waals surface area contributed by atoms with Crippen LogP contribution in [-0.2, 0) is 7.05 Å². The highest BCUT2D eigenvalue weighted by Crippen LogP contribution is 2.33. The molecule has 0 bridgehead atoms. The molecule has 0 aliphatic heterocycles. The fourth-order valence-corrected chi connectivity index (χ4v) is 2.05. The van der Waals surface area contributed by atoms with Crippen molar-refractivity contribution in [3.8, 4) is 17.2 Å². The second-order valence-corrected chi connectivity index (χ2v) is 4.14. The van der Waals surface area contributed by atoms with E-state index in [0.29, 0.717) is 22.4 Å². The normalized spacial score (nSPS) is 11.0. The van der Waals surface area contributed by atoms with Crippen LogP contribution in [0.3, 0.4) is 0 Å². The first-order valence-corrected chi connectivity index (χ1v) is 5.55. The summed E-state index contributed by atoms with van der Waals surface area (Å²) in [6.45, 7) is 0. The summed E-state index contributed by atoms with van der Waals surface area (Å²) in [5.74, 6) is -0.704. The Morgan fingerprint density at radius 1 is 1.42 bits per heavy atom. The topological polar surface area (TPSA) is 88.5 Å². The number of carboxylic acid groups (broad SMARTS) is 1. The van der Waals surface area contributed by atoms with Crippen LogP contribution in [0.2, 0.25) is 0 Å². The molecule has 0 aliphatic carbocycles. The number of hydrogen-bond acceptors (Lipinski definition) is 4. The molecule has 19 heavy (non-hydrogen) atoms. The van der Waals surface area contributed by atoms with Crippen molar-refractivity contribution in [2.45, 2.75) is 0 Å². The Kier molecular flexibility index (Phi) is 2.31. The largest absolute Gasteiger partial charge is 0.504 e. The van der Waals surface area contributed by atoms with Crippen molar-refractivity contribution in [3.63, 3.8) is 0 Å². The van der Waals surface area contributed by atoms with Crippen molar-refractivity contribution in [1.82, 2.24) is 9.78 Å². The molecule has 6 nitrogen and oxygen atoms in total. The zero-order valence-electron chi connectivity index (χ0n) is 9.99. The van der Waals surface area contributed by atoms with Gasteiger partial charge in [0.05, 0.1) is 6.20 Å². The minimum Gasteiger partial charge on any atom is -0.504 e. The predicted molar refractivity (Wildman–Crippen MR) is 67.0 cm³/mol. The van der Waals surface area contributed by atoms with Crippen LogP contribution in [0.4, 0.5) is 0 Å². The van der Waals surface area contributed by atoms with Crippen molar-refractivity contribution in [2.75, 3.05) is 0 Å². The van der Waals surface area contributed by atoms with Gasteiger partial charge in [-0.25, -0.2) is 4.79 Å². The average Bonchev–Trinajstić information content (AvgIpc) is 2.92. The maximum Gasteiger partial charge on any atom is 0.339 e. The molecule has 0 aliphatic rings. The predicted octanol–water partition coefficient (Wildman–Crippen LogP) is 2.24. The number of nitrogens with zero attached hydrogens (tertiary/aromatic N) is 2. The summed E-state index contributed by atoms with van der Waals surface area (Å²) in [6, 6.07) is 6.66. The Balaban J connectivity index is 2.28. The molecule has 0 saturated heterocycles. The molecule has 6 heteroatoms. The molecule has 3 rings (SSSR count). The first-order valence-electron chi connectivity index (χ1n) is 5.55. The van der Waals surface area contributed by atoms with E-state index in [-0.39, 0.29) is 11.3 Å². The Labute approximate surface area is 107 Å². The summed E-state index contributed by atoms with van der Waals surface area (Å²) in [5.41, 5.74) is 0.749. The van der Waals surface area contributed by atoms with Gasteiger partial charge in [-0.2, -0.15) is 5.10 Å². The second kappa shape index (κ2) is 3.88. The Morgan fingerprint density at radius 3 is 2.89 bits per heavy atom. The number of phenols is 1. The van der Waals surface area contributed by atoms with E-state index in [0.717, 1.165) is 0 Å². The number of furan rings is 1. The number of carbonyl (C=O) groups is 1. The minimum absolute atomic E-state index is 0.0165. The lowest BCUT2D eigenvalue weighted by Gasteiger charge is -1.99. The van der Waals surface area contributed by atoms with Gasteiger partial charge in [-0.3, -0.25) is 4.68 Å². The second-order valence-electron chi connectivity index (χ2n) is 4.14. The number of aromatic carboxylic acids is 1. The van der Waals surface area contributed by atoms with E-state index in [2.05, 4.69) is 5.10 Å². The van der Waals surface area contributed by atoms with Gasteiger partial charge in [0.1, 0.15) is 11.3 Å². The summed E-state index contributed by atoms with van der Waals surface area (Å²) >= 11 is 0. The molecule has 0 spiro atoms. The van der Waals surface area contributed by atoms with Crippen molar-refractivity contribution < 1.29 is 19.4 Å². The smallest absolute Gasteiger partial charge is 0.339 e. The molecule has 2 heterocycles. The fourth-order valence-electron chi connectivity index (χ4n) is 2.05. The number of rotatable bonds is 2. The zero-order valence-corrected chi connectivity index (χ0v) is 9.99. The monoisotopic (exact) mass is 258 g/mol. The van der Waals surface area contributed by atoms with Crippen LogP contribution in [0.15, 0.2) is 34.9 Å². The summed E-state index contributed by atoms with van der Waals surface area (Å²) < 4.78 is 6.97. The highest BCUT2D eigenvalue weighted by atomic mass is 16.4. The van der Waals surface area contributed by atoms with Gasteiger partial charge in [0, 0.05) is 12.4 Å². The Bertz CT molecular complexity index is 785. The first kappa shape index (κ1) is 11.3. The van der Waals surface area contributed by atoms with Gasteiger partial charge in [-0.15, -0.1) is 0 Å². The third-order valence-corrected chi connectivity index (χ3v) is 2.93. The number of aromatic nitrogens is 2. The lowest BCUT2D eigenvalue weighted by molar-refractivity contribution is 0.0697. The van der Waals surface area contributed by atoms with Gasteiger partial charge in [0.2, 0.25) is 0 Å². The van der Waals surface area contributed by atoms with Crippen molar-refractivity contribution in [2.24, 2.45) is 7.05 Å². The van der Waals surface area contributed by atoms with E-state index in [4.69, 9.17) is 9.52 Å². The van der Waals surface area contributed by atoms with Gasteiger partial charge in [0.15, 0.2) is 17.1 Å². The minimum atomic E-state index is -1.08. The van der Waals surface area contributed by atoms with Crippen molar-refractivity contribution in [1.29, 1.82) is 0 Å². The molecule has 0 amide bonds. The molecule has 2 N–H and O–H groups in total. The molecule has 0 saturated carbocycles. The van der Waals surface area contributed by atoms with Gasteiger partial charge in [-0.1, -0.05) is 12.1 Å². The van der Waals surface area contributed by atoms with Crippen LogP contribution >= 0.6 is 0 Å². The highest BCUT2D eigenvalue weighted by molar-refractivity contribution is 5.96. The number of hydrogen-bond donors (Lipinski definition) is 2. The van der Waals surface area contributed by atoms with Crippen LogP contribution in [-0.4, -0.2) is 26.0 Å². The molecule has 96 valence electrons. The zero-order chi connectivity index (χ0) is 13.6. The van der Waals surface area contributed by atoms with Crippen LogP contribution in [0.1, 0.15) is 10.4 Å². The van der Waals surface area contributed by atoms with Gasteiger partial charge in [0.25, 0.3) is 0 Å². The third-order valence-electron chi connectivity index (χ3n) is 2.93. The van der Waals surface area contributed by atoms with E-state index in [9.17, 15) is 9.90 Å². The lowest BCUT2D eigenvalue weighted by atomic mass is 10.2. The van der Waals surface area contributed by atoms with E-state index in [1.807, 2.05) is 0 Å². The molecule has 0 radical (unpaired) electrons. The molecule has 1 aromatic carbocycles. The van der Waals surface area contributed by atoms with Crippen LogP contribution in [0.5, 0.6) is 5.75 Å². The van der Waals surface area contributed by atoms with Crippen molar-refractivity contribution >= 4 is 16.9 Å². The lowest BCUT2D eigenvalue weighted by Crippen LogP contribution is -1.99. The molecule has 2 aromatic heterocycles. The van der Waals surface area contributed by atoms with Crippen LogP contribution in [0.25, 0.3) is 22.4 Å². The number of aromatic hydroxyl groups is 1. The molecular formula is C13H10N2O4. The third kappa shape index (κ3) is 1.65. The van der Waals surface area contributed by atoms with E-state index >= 15 is 0 Å². The van der Waals surface area contributed by atoms with Crippen molar-refractivity contribution in [3.05, 3.63) is 36.0 Å². The number of carboxylic acids is 1. The fraction of sp³-hybridized carbons (Fsp3) is 0.0769. The number of phenolic OH excluding ortho intramolecular Hbond substituents is 1. The van der Waals surface area contributed by atoms with Crippen LogP contribution < -0.4 is 0 Å². The van der Waals surface area contributed by atoms with E-state index in [1.54, 1.807) is 25.2 Å². The standard InChI is InChI=1S/C13H10N2O4/c1-15-11(8(6-14-15)13(17)18)10-5-7-3-2-4-9(16)12(7)19-10/h2-6,16H,1H3,(H,17,18). The molecular weight excluding hydrogens is 248 g/mol. The van der Waals surface area contributed by atoms with Gasteiger partial charge < -0.3 is 14.6 Å². The average molecular weight is 258 g/mol. The number of benzene rings is 1.